The summed E-state index contributed by atoms with van der Waals surface area (Å²) in [5.74, 6) is 1.65. The molecule has 1 aliphatic rings. The van der Waals surface area contributed by atoms with Crippen LogP contribution in [0.3, 0.4) is 0 Å². The fourth-order valence-electron chi connectivity index (χ4n) is 2.16. The third-order valence-corrected chi connectivity index (χ3v) is 3.80. The fraction of sp³-hybridized carbons (Fsp3) is 0.538. The van der Waals surface area contributed by atoms with Crippen LogP contribution < -0.4 is 4.90 Å². The van der Waals surface area contributed by atoms with E-state index in [-0.39, 0.29) is 6.61 Å². The van der Waals surface area contributed by atoms with Crippen LogP contribution in [0.25, 0.3) is 0 Å². The van der Waals surface area contributed by atoms with E-state index in [4.69, 9.17) is 11.6 Å². The minimum absolute atomic E-state index is 0.000430. The molecule has 1 aromatic rings. The highest BCUT2D eigenvalue weighted by Crippen LogP contribution is 2.39. The first-order chi connectivity index (χ1) is 7.63. The number of hydrogen-bond donors (Lipinski definition) is 1. The summed E-state index contributed by atoms with van der Waals surface area (Å²) in [4.78, 5) is 2.20. The van der Waals surface area contributed by atoms with Crippen LogP contribution in [-0.2, 0) is 6.61 Å². The second-order valence-corrected chi connectivity index (χ2v) is 5.16. The molecule has 2 atom stereocenters. The number of aliphatic hydroxyl groups excluding tert-OH is 1. The Morgan fingerprint density at radius 3 is 2.75 bits per heavy atom. The summed E-state index contributed by atoms with van der Waals surface area (Å²) in [5.41, 5.74) is 1.88. The molecule has 0 saturated heterocycles. The summed E-state index contributed by atoms with van der Waals surface area (Å²) < 4.78 is 0. The van der Waals surface area contributed by atoms with E-state index in [9.17, 15) is 5.11 Å². The molecule has 1 aliphatic carbocycles. The topological polar surface area (TPSA) is 23.5 Å². The van der Waals surface area contributed by atoms with E-state index in [1.54, 1.807) is 0 Å². The van der Waals surface area contributed by atoms with Gasteiger partial charge >= 0.3 is 0 Å². The molecule has 0 aromatic heterocycles. The van der Waals surface area contributed by atoms with Crippen LogP contribution in [-0.4, -0.2) is 18.7 Å². The molecule has 0 aliphatic heterocycles. The van der Waals surface area contributed by atoms with Crippen molar-refractivity contribution in [2.24, 2.45) is 11.8 Å². The molecule has 16 heavy (non-hydrogen) atoms. The molecule has 2 rings (SSSR count). The lowest BCUT2D eigenvalue weighted by Crippen LogP contribution is -2.22. The zero-order valence-electron chi connectivity index (χ0n) is 9.78. The highest BCUT2D eigenvalue weighted by molar-refractivity contribution is 6.31. The summed E-state index contributed by atoms with van der Waals surface area (Å²) >= 11 is 6.07. The molecule has 2 nitrogen and oxygen atoms in total. The minimum atomic E-state index is -0.000430. The summed E-state index contributed by atoms with van der Waals surface area (Å²) in [6.45, 7) is 3.33. The maximum absolute atomic E-state index is 9.34. The lowest BCUT2D eigenvalue weighted by atomic mass is 10.1. The summed E-state index contributed by atoms with van der Waals surface area (Å²) in [6.07, 6.45) is 1.32. The van der Waals surface area contributed by atoms with E-state index in [0.717, 1.165) is 29.6 Å². The van der Waals surface area contributed by atoms with Crippen molar-refractivity contribution in [3.8, 4) is 0 Å². The number of rotatable bonds is 4. The van der Waals surface area contributed by atoms with Crippen molar-refractivity contribution in [2.75, 3.05) is 18.5 Å². The molecule has 1 fully saturated rings. The SMILES string of the molecule is CC1CC1CN(C)c1cccc(Cl)c1CO. The Morgan fingerprint density at radius 1 is 1.50 bits per heavy atom. The van der Waals surface area contributed by atoms with Crippen molar-refractivity contribution in [3.63, 3.8) is 0 Å². The lowest BCUT2D eigenvalue weighted by molar-refractivity contribution is 0.282. The number of anilines is 1. The fourth-order valence-corrected chi connectivity index (χ4v) is 2.39. The maximum Gasteiger partial charge on any atom is 0.0716 e. The molecule has 0 radical (unpaired) electrons. The number of nitrogens with zero attached hydrogens (tertiary/aromatic N) is 1. The van der Waals surface area contributed by atoms with E-state index < -0.39 is 0 Å². The van der Waals surface area contributed by atoms with Gasteiger partial charge in [0.05, 0.1) is 6.61 Å². The first kappa shape index (κ1) is 11.7. The van der Waals surface area contributed by atoms with Crippen molar-refractivity contribution in [3.05, 3.63) is 28.8 Å². The third kappa shape index (κ3) is 2.33. The normalized spacial score (nSPS) is 23.2. The standard InChI is InChI=1S/C13H18ClNO/c1-9-6-10(9)7-15(2)13-5-3-4-12(14)11(13)8-16/h3-5,9-10,16H,6-8H2,1-2H3. The Kier molecular flexibility index (Phi) is 3.41. The first-order valence-corrected chi connectivity index (χ1v) is 6.10. The molecule has 1 saturated carbocycles. The predicted octanol–water partition coefficient (Wildman–Crippen LogP) is 2.92. The van der Waals surface area contributed by atoms with E-state index in [0.29, 0.717) is 5.02 Å². The first-order valence-electron chi connectivity index (χ1n) is 5.73. The lowest BCUT2D eigenvalue weighted by Gasteiger charge is -2.22. The van der Waals surface area contributed by atoms with Gasteiger partial charge in [0.2, 0.25) is 0 Å². The minimum Gasteiger partial charge on any atom is -0.392 e. The molecule has 0 spiro atoms. The van der Waals surface area contributed by atoms with Crippen molar-refractivity contribution in [1.82, 2.24) is 0 Å². The van der Waals surface area contributed by atoms with E-state index >= 15 is 0 Å². The molecular weight excluding hydrogens is 222 g/mol. The van der Waals surface area contributed by atoms with Gasteiger partial charge in [-0.3, -0.25) is 0 Å². The second kappa shape index (κ2) is 4.64. The Bertz CT molecular complexity index is 380. The zero-order valence-corrected chi connectivity index (χ0v) is 10.5. The van der Waals surface area contributed by atoms with Crippen molar-refractivity contribution in [1.29, 1.82) is 0 Å². The monoisotopic (exact) mass is 239 g/mol. The average molecular weight is 240 g/mol. The number of aliphatic hydroxyl groups is 1. The van der Waals surface area contributed by atoms with Crippen LogP contribution in [0, 0.1) is 11.8 Å². The van der Waals surface area contributed by atoms with Gasteiger partial charge in [-0.15, -0.1) is 0 Å². The zero-order chi connectivity index (χ0) is 11.7. The van der Waals surface area contributed by atoms with E-state index in [1.165, 1.54) is 6.42 Å². The third-order valence-electron chi connectivity index (χ3n) is 3.45. The van der Waals surface area contributed by atoms with Crippen molar-refractivity contribution < 1.29 is 5.11 Å². The molecule has 0 bridgehead atoms. The van der Waals surface area contributed by atoms with Gasteiger partial charge in [-0.2, -0.15) is 0 Å². The summed E-state index contributed by atoms with van der Waals surface area (Å²) in [7, 11) is 2.07. The highest BCUT2D eigenvalue weighted by Gasteiger charge is 2.33. The molecule has 1 aromatic carbocycles. The van der Waals surface area contributed by atoms with Crippen LogP contribution in [0.5, 0.6) is 0 Å². The predicted molar refractivity (Wildman–Crippen MR) is 67.9 cm³/mol. The molecule has 2 unspecified atom stereocenters. The number of hydrogen-bond acceptors (Lipinski definition) is 2. The van der Waals surface area contributed by atoms with E-state index in [1.807, 2.05) is 18.2 Å². The number of halogens is 1. The average Bonchev–Trinajstić information content (AvgIpc) is 2.93. The van der Waals surface area contributed by atoms with Gasteiger partial charge in [0.25, 0.3) is 0 Å². The summed E-state index contributed by atoms with van der Waals surface area (Å²) in [6, 6.07) is 5.78. The van der Waals surface area contributed by atoms with Crippen molar-refractivity contribution in [2.45, 2.75) is 20.0 Å². The van der Waals surface area contributed by atoms with Gasteiger partial charge in [-0.05, 0) is 30.4 Å². The van der Waals surface area contributed by atoms with Crippen LogP contribution in [0.1, 0.15) is 18.9 Å². The highest BCUT2D eigenvalue weighted by atomic mass is 35.5. The second-order valence-electron chi connectivity index (χ2n) is 4.75. The van der Waals surface area contributed by atoms with Crippen LogP contribution in [0.4, 0.5) is 5.69 Å². The van der Waals surface area contributed by atoms with E-state index in [2.05, 4.69) is 18.9 Å². The van der Waals surface area contributed by atoms with Gasteiger partial charge in [0.15, 0.2) is 0 Å². The molecular formula is C13H18ClNO. The van der Waals surface area contributed by atoms with Gasteiger partial charge in [0.1, 0.15) is 0 Å². The van der Waals surface area contributed by atoms with Gasteiger partial charge in [-0.1, -0.05) is 24.6 Å². The van der Waals surface area contributed by atoms with Crippen LogP contribution in [0.15, 0.2) is 18.2 Å². The molecule has 0 heterocycles. The molecule has 1 N–H and O–H groups in total. The largest absolute Gasteiger partial charge is 0.392 e. The molecule has 3 heteroatoms. The quantitative estimate of drug-likeness (QED) is 0.874. The summed E-state index contributed by atoms with van der Waals surface area (Å²) in [5, 5.41) is 9.99. The number of benzene rings is 1. The smallest absolute Gasteiger partial charge is 0.0716 e. The van der Waals surface area contributed by atoms with Crippen LogP contribution in [0.2, 0.25) is 5.02 Å². The maximum atomic E-state index is 9.34. The Labute approximate surface area is 102 Å². The Balaban J connectivity index is 2.15. The van der Waals surface area contributed by atoms with Gasteiger partial charge in [-0.25, -0.2) is 0 Å². The Morgan fingerprint density at radius 2 is 2.19 bits per heavy atom. The molecule has 0 amide bonds. The van der Waals surface area contributed by atoms with Crippen molar-refractivity contribution >= 4 is 17.3 Å². The van der Waals surface area contributed by atoms with Gasteiger partial charge in [0, 0.05) is 29.9 Å². The van der Waals surface area contributed by atoms with Gasteiger partial charge < -0.3 is 10.0 Å². The Hall–Kier alpha value is -0.730. The van der Waals surface area contributed by atoms with Crippen LogP contribution >= 0.6 is 11.6 Å². The molecule has 88 valence electrons.